The Balaban J connectivity index is 2.27. The molecule has 0 spiro atoms. The van der Waals surface area contributed by atoms with Crippen molar-refractivity contribution in [1.29, 1.82) is 0 Å². The molecule has 6 heteroatoms. The molecule has 0 atom stereocenters. The Morgan fingerprint density at radius 1 is 1.24 bits per heavy atom. The van der Waals surface area contributed by atoms with E-state index in [2.05, 4.69) is 10.2 Å². The molecule has 3 nitrogen and oxygen atoms in total. The fourth-order valence-electron chi connectivity index (χ4n) is 1.39. The van der Waals surface area contributed by atoms with E-state index in [-0.39, 0.29) is 5.56 Å². The zero-order valence-corrected chi connectivity index (χ0v) is 9.81. The highest BCUT2D eigenvalue weighted by atomic mass is 32.1. The van der Waals surface area contributed by atoms with E-state index in [0.29, 0.717) is 18.0 Å². The summed E-state index contributed by atoms with van der Waals surface area (Å²) in [5, 5.41) is 8.97. The lowest BCUT2D eigenvalue weighted by molar-refractivity contribution is 0.511. The lowest BCUT2D eigenvalue weighted by atomic mass is 10.2. The largest absolute Gasteiger partial charge is 0.330 e. The van der Waals surface area contributed by atoms with Crippen LogP contribution in [0.25, 0.3) is 10.6 Å². The minimum Gasteiger partial charge on any atom is -0.330 e. The molecule has 1 aromatic heterocycles. The Morgan fingerprint density at radius 2 is 2.06 bits per heavy atom. The topological polar surface area (TPSA) is 51.8 Å². The van der Waals surface area contributed by atoms with Crippen molar-refractivity contribution < 1.29 is 8.78 Å². The van der Waals surface area contributed by atoms with Crippen LogP contribution in [0.4, 0.5) is 8.78 Å². The zero-order valence-electron chi connectivity index (χ0n) is 8.99. The zero-order chi connectivity index (χ0) is 12.3. The maximum absolute atomic E-state index is 13.5. The number of hydrogen-bond acceptors (Lipinski definition) is 4. The molecule has 0 radical (unpaired) electrons. The predicted octanol–water partition coefficient (Wildman–Crippen LogP) is 2.37. The molecule has 0 saturated heterocycles. The molecule has 0 fully saturated rings. The summed E-state index contributed by atoms with van der Waals surface area (Å²) >= 11 is 1.26. The third kappa shape index (κ3) is 2.65. The van der Waals surface area contributed by atoms with Crippen LogP contribution in [0, 0.1) is 11.6 Å². The summed E-state index contributed by atoms with van der Waals surface area (Å²) in [4.78, 5) is 0. The van der Waals surface area contributed by atoms with Gasteiger partial charge in [-0.2, -0.15) is 0 Å². The van der Waals surface area contributed by atoms with Gasteiger partial charge in [0.2, 0.25) is 0 Å². The van der Waals surface area contributed by atoms with Gasteiger partial charge in [0, 0.05) is 6.42 Å². The third-order valence-corrected chi connectivity index (χ3v) is 3.26. The van der Waals surface area contributed by atoms with Gasteiger partial charge >= 0.3 is 0 Å². The first-order valence-corrected chi connectivity index (χ1v) is 6.01. The summed E-state index contributed by atoms with van der Waals surface area (Å²) in [7, 11) is 0. The van der Waals surface area contributed by atoms with E-state index in [0.717, 1.165) is 17.5 Å². The Hall–Kier alpha value is -1.40. The number of halogens is 2. The first kappa shape index (κ1) is 12.1. The van der Waals surface area contributed by atoms with E-state index >= 15 is 0 Å². The van der Waals surface area contributed by atoms with Crippen LogP contribution in [0.5, 0.6) is 0 Å². The van der Waals surface area contributed by atoms with Crippen LogP contribution in [-0.4, -0.2) is 16.7 Å². The molecule has 0 unspecified atom stereocenters. The summed E-state index contributed by atoms with van der Waals surface area (Å²) in [6, 6.07) is 4.02. The molecule has 2 aromatic rings. The molecule has 0 saturated carbocycles. The molecule has 1 heterocycles. The summed E-state index contributed by atoms with van der Waals surface area (Å²) in [5.74, 6) is -1.75. The molecular formula is C11H11F2N3S. The number of aryl methyl sites for hydroxylation is 1. The predicted molar refractivity (Wildman–Crippen MR) is 62.6 cm³/mol. The van der Waals surface area contributed by atoms with Gasteiger partial charge in [-0.25, -0.2) is 8.78 Å². The number of hydrogen-bond donors (Lipinski definition) is 1. The molecule has 0 aliphatic heterocycles. The van der Waals surface area contributed by atoms with Crippen molar-refractivity contribution in [2.45, 2.75) is 12.8 Å². The Labute approximate surface area is 101 Å². The lowest BCUT2D eigenvalue weighted by Crippen LogP contribution is -1.99. The summed E-state index contributed by atoms with van der Waals surface area (Å²) in [5.41, 5.74) is 5.54. The van der Waals surface area contributed by atoms with E-state index in [1.807, 2.05) is 0 Å². The monoisotopic (exact) mass is 255 g/mol. The van der Waals surface area contributed by atoms with Crippen LogP contribution < -0.4 is 5.73 Å². The summed E-state index contributed by atoms with van der Waals surface area (Å²) < 4.78 is 26.5. The van der Waals surface area contributed by atoms with Crippen molar-refractivity contribution in [3.8, 4) is 10.6 Å². The minimum absolute atomic E-state index is 0.154. The van der Waals surface area contributed by atoms with Gasteiger partial charge in [0.05, 0.1) is 5.56 Å². The van der Waals surface area contributed by atoms with Gasteiger partial charge in [-0.3, -0.25) is 0 Å². The van der Waals surface area contributed by atoms with E-state index in [1.165, 1.54) is 23.5 Å². The van der Waals surface area contributed by atoms with Gasteiger partial charge in [-0.05, 0) is 25.1 Å². The smallest absolute Gasteiger partial charge is 0.169 e. The van der Waals surface area contributed by atoms with E-state index in [1.54, 1.807) is 0 Å². The molecule has 0 aliphatic carbocycles. The van der Waals surface area contributed by atoms with Gasteiger partial charge in [-0.1, -0.05) is 17.4 Å². The standard InChI is InChI=1S/C11H11F2N3S/c12-8-4-1-3-7(10(8)13)11-16-15-9(17-11)5-2-6-14/h1,3-4H,2,5-6,14H2. The molecule has 0 amide bonds. The van der Waals surface area contributed by atoms with Gasteiger partial charge in [-0.15, -0.1) is 10.2 Å². The van der Waals surface area contributed by atoms with Crippen LogP contribution in [0.1, 0.15) is 11.4 Å². The Bertz CT molecular complexity index is 513. The number of nitrogens with two attached hydrogens (primary N) is 1. The summed E-state index contributed by atoms with van der Waals surface area (Å²) in [6.45, 7) is 0.573. The number of benzene rings is 1. The molecule has 17 heavy (non-hydrogen) atoms. The molecule has 0 bridgehead atoms. The first-order valence-electron chi connectivity index (χ1n) is 5.19. The SMILES string of the molecule is NCCCc1nnc(-c2cccc(F)c2F)s1. The quantitative estimate of drug-likeness (QED) is 0.912. The van der Waals surface area contributed by atoms with Crippen molar-refractivity contribution in [3.05, 3.63) is 34.8 Å². The maximum atomic E-state index is 13.5. The van der Waals surface area contributed by atoms with Crippen LogP contribution in [0.2, 0.25) is 0 Å². The van der Waals surface area contributed by atoms with Crippen LogP contribution in [-0.2, 0) is 6.42 Å². The first-order chi connectivity index (χ1) is 8.22. The molecule has 0 aliphatic rings. The second-order valence-corrected chi connectivity index (χ2v) is 4.56. The fourth-order valence-corrected chi connectivity index (χ4v) is 2.29. The second-order valence-electron chi connectivity index (χ2n) is 3.49. The lowest BCUT2D eigenvalue weighted by Gasteiger charge is -1.98. The Morgan fingerprint density at radius 3 is 2.82 bits per heavy atom. The second kappa shape index (κ2) is 5.29. The van der Waals surface area contributed by atoms with Crippen molar-refractivity contribution in [3.63, 3.8) is 0 Å². The fraction of sp³-hybridized carbons (Fsp3) is 0.273. The normalized spacial score (nSPS) is 10.8. The van der Waals surface area contributed by atoms with Gasteiger partial charge < -0.3 is 5.73 Å². The van der Waals surface area contributed by atoms with Crippen molar-refractivity contribution >= 4 is 11.3 Å². The average molecular weight is 255 g/mol. The highest BCUT2D eigenvalue weighted by molar-refractivity contribution is 7.14. The van der Waals surface area contributed by atoms with E-state index < -0.39 is 11.6 Å². The van der Waals surface area contributed by atoms with Crippen LogP contribution >= 0.6 is 11.3 Å². The minimum atomic E-state index is -0.881. The average Bonchev–Trinajstić information content (AvgIpc) is 2.78. The number of rotatable bonds is 4. The van der Waals surface area contributed by atoms with Gasteiger partial charge in [0.25, 0.3) is 0 Å². The molecule has 90 valence electrons. The number of aromatic nitrogens is 2. The molecule has 2 N–H and O–H groups in total. The van der Waals surface area contributed by atoms with Crippen molar-refractivity contribution in [2.75, 3.05) is 6.54 Å². The highest BCUT2D eigenvalue weighted by Gasteiger charge is 2.13. The van der Waals surface area contributed by atoms with Crippen LogP contribution in [0.15, 0.2) is 18.2 Å². The van der Waals surface area contributed by atoms with Crippen molar-refractivity contribution in [1.82, 2.24) is 10.2 Å². The van der Waals surface area contributed by atoms with E-state index in [4.69, 9.17) is 5.73 Å². The van der Waals surface area contributed by atoms with Gasteiger partial charge in [0.1, 0.15) is 5.01 Å². The third-order valence-electron chi connectivity index (χ3n) is 2.24. The Kier molecular flexibility index (Phi) is 3.75. The maximum Gasteiger partial charge on any atom is 0.169 e. The van der Waals surface area contributed by atoms with Crippen molar-refractivity contribution in [2.24, 2.45) is 5.73 Å². The summed E-state index contributed by atoms with van der Waals surface area (Å²) in [6.07, 6.45) is 1.52. The molecule has 1 aromatic carbocycles. The molecular weight excluding hydrogens is 244 g/mol. The molecule has 2 rings (SSSR count). The van der Waals surface area contributed by atoms with Gasteiger partial charge in [0.15, 0.2) is 16.6 Å². The van der Waals surface area contributed by atoms with E-state index in [9.17, 15) is 8.78 Å². The highest BCUT2D eigenvalue weighted by Crippen LogP contribution is 2.27. The van der Waals surface area contributed by atoms with Crippen LogP contribution in [0.3, 0.4) is 0 Å². The number of nitrogens with zero attached hydrogens (tertiary/aromatic N) is 2.